The molecule has 536 valence electrons. The number of hydrazone groups is 2. The molecule has 1 unspecified atom stereocenters. The van der Waals surface area contributed by atoms with E-state index < -0.39 is 24.0 Å². The molecular formula is C80H90N6O14S2. The first-order valence-corrected chi connectivity index (χ1v) is 36.6. The van der Waals surface area contributed by atoms with Crippen molar-refractivity contribution in [2.75, 3.05) is 49.5 Å². The Hall–Kier alpha value is -9.81. The lowest BCUT2D eigenvalue weighted by atomic mass is 9.97. The Bertz CT molecular complexity index is 4060. The number of benzene rings is 7. The molecule has 0 saturated carbocycles. The second kappa shape index (κ2) is 42.4. The largest absolute Gasteiger partial charge is 0.494 e. The quantitative estimate of drug-likeness (QED) is 0.00712. The minimum atomic E-state index is -0.927. The van der Waals surface area contributed by atoms with Crippen molar-refractivity contribution in [3.8, 4) is 28.7 Å². The predicted molar refractivity (Wildman–Crippen MR) is 401 cm³/mol. The molecule has 1 atom stereocenters. The molecule has 20 nitrogen and oxygen atoms in total. The Kier molecular flexibility index (Phi) is 31.8. The van der Waals surface area contributed by atoms with Crippen LogP contribution in [0.15, 0.2) is 193 Å². The van der Waals surface area contributed by atoms with Crippen LogP contribution in [0, 0.1) is 0 Å². The molecule has 1 N–H and O–H groups in total. The smallest absolute Gasteiger partial charge is 0.343 e. The lowest BCUT2D eigenvalue weighted by Crippen LogP contribution is -2.18. The molecule has 0 spiro atoms. The van der Waals surface area contributed by atoms with Gasteiger partial charge in [-0.15, -0.1) is 0 Å². The fourth-order valence-corrected chi connectivity index (χ4v) is 12.5. The van der Waals surface area contributed by atoms with Crippen LogP contribution in [0.25, 0.3) is 20.4 Å². The van der Waals surface area contributed by atoms with Gasteiger partial charge in [0.1, 0.15) is 36.6 Å². The van der Waals surface area contributed by atoms with E-state index in [4.69, 9.17) is 68.3 Å². The molecule has 9 aromatic rings. The van der Waals surface area contributed by atoms with Crippen LogP contribution >= 0.6 is 22.7 Å². The minimum Gasteiger partial charge on any atom is -0.494 e. The molecular weight excluding hydrogens is 1330 g/mol. The number of carbonyl (C=O) groups excluding carboxylic acids is 3. The highest BCUT2D eigenvalue weighted by atomic mass is 32.1. The van der Waals surface area contributed by atoms with Gasteiger partial charge in [-0.25, -0.2) is 39.3 Å². The molecule has 0 saturated heterocycles. The monoisotopic (exact) mass is 1420 g/mol. The highest BCUT2D eigenvalue weighted by molar-refractivity contribution is 7.22. The molecule has 102 heavy (non-hydrogen) atoms. The van der Waals surface area contributed by atoms with Crippen LogP contribution in [0.5, 0.6) is 28.7 Å². The number of esters is 3. The second-order valence-corrected chi connectivity index (χ2v) is 26.0. The summed E-state index contributed by atoms with van der Waals surface area (Å²) in [4.78, 5) is 75.2. The van der Waals surface area contributed by atoms with Crippen molar-refractivity contribution in [2.24, 2.45) is 10.2 Å². The molecule has 0 amide bonds. The maximum atomic E-state index is 13.9. The van der Waals surface area contributed by atoms with Gasteiger partial charge < -0.3 is 33.5 Å². The fraction of sp³-hybridized carbons (Fsp3) is 0.338. The molecule has 0 radical (unpaired) electrons. The van der Waals surface area contributed by atoms with Crippen molar-refractivity contribution >= 4 is 83.7 Å². The summed E-state index contributed by atoms with van der Waals surface area (Å²) in [5.74, 6) is 0.951. The van der Waals surface area contributed by atoms with Crippen molar-refractivity contribution < 1.29 is 67.8 Å². The van der Waals surface area contributed by atoms with Crippen LogP contribution in [0.4, 0.5) is 10.3 Å². The van der Waals surface area contributed by atoms with Crippen molar-refractivity contribution in [1.29, 1.82) is 0 Å². The number of nitrogens with zero attached hydrogens (tertiary/aromatic N) is 6. The number of unbranched alkanes of at least 4 members (excludes halogenated alkanes) is 12. The Morgan fingerprint density at radius 3 is 1.51 bits per heavy atom. The maximum absolute atomic E-state index is 13.9. The zero-order valence-electron chi connectivity index (χ0n) is 58.0. The zero-order valence-corrected chi connectivity index (χ0v) is 59.7. The molecule has 22 heteroatoms. The third kappa shape index (κ3) is 24.8. The summed E-state index contributed by atoms with van der Waals surface area (Å²) in [5, 5.41) is 25.9. The third-order valence-electron chi connectivity index (χ3n) is 16.3. The number of thiazole rings is 2. The van der Waals surface area contributed by atoms with E-state index in [1.807, 2.05) is 107 Å². The molecule has 0 aliphatic heterocycles. The van der Waals surface area contributed by atoms with E-state index in [1.165, 1.54) is 6.08 Å². The summed E-state index contributed by atoms with van der Waals surface area (Å²) in [6, 6.07) is 48.1. The van der Waals surface area contributed by atoms with Crippen LogP contribution < -0.4 is 34.0 Å². The minimum absolute atomic E-state index is 0.0214. The van der Waals surface area contributed by atoms with Gasteiger partial charge in [-0.3, -0.25) is 5.26 Å². The summed E-state index contributed by atoms with van der Waals surface area (Å²) in [7, 11) is 0. The van der Waals surface area contributed by atoms with Gasteiger partial charge in [0.05, 0.1) is 64.9 Å². The van der Waals surface area contributed by atoms with Crippen LogP contribution in [0.1, 0.15) is 166 Å². The normalized spacial score (nSPS) is 11.6. The fourth-order valence-electron chi connectivity index (χ4n) is 10.6. The first kappa shape index (κ1) is 76.4. The summed E-state index contributed by atoms with van der Waals surface area (Å²) in [6.45, 7) is 14.4. The highest BCUT2D eigenvalue weighted by Crippen LogP contribution is 2.35. The average Bonchev–Trinajstić information content (AvgIpc) is 1.74. The Balaban J connectivity index is 0.857. The predicted octanol–water partition coefficient (Wildman–Crippen LogP) is 18.9. The maximum Gasteiger partial charge on any atom is 0.343 e. The standard InChI is InChI=1S/C80H90N6O14S2/c1-5-9-11-21-47-85(79-83-70-27-17-19-29-73(70)101-79)81-55-63-53-68(43-45-69(63)77(98-90)61-37-41-66(42-38-61)92-50-24-14-16-26-52-94-76(88)8-4)99-95-57-59-31-35-62(36-32-59)78(89)97-67-44-46-72(100-96-58-60-33-39-65(40-34-60)91-49-23-13-15-25-51-93-75(87)7-3)64(54-67)56-82-86(48-22-12-10-6-2)80-84-71-28-18-20-30-74(71)102-80/h7-8,17-20,27-46,53-56,77,90H,3-6,9-16,21-26,47-52,57-58H2,1-2H3/b81-55+,82-56+. The Morgan fingerprint density at radius 1 is 0.510 bits per heavy atom. The van der Waals surface area contributed by atoms with Crippen LogP contribution in [0.3, 0.4) is 0 Å². The van der Waals surface area contributed by atoms with E-state index in [-0.39, 0.29) is 19.0 Å². The van der Waals surface area contributed by atoms with E-state index >= 15 is 0 Å². The van der Waals surface area contributed by atoms with Gasteiger partial charge in [-0.1, -0.05) is 155 Å². The number of hydrogen-bond acceptors (Lipinski definition) is 22. The highest BCUT2D eigenvalue weighted by Gasteiger charge is 2.22. The van der Waals surface area contributed by atoms with E-state index in [0.29, 0.717) is 90.1 Å². The summed E-state index contributed by atoms with van der Waals surface area (Å²) >= 11 is 3.13. The van der Waals surface area contributed by atoms with Crippen molar-refractivity contribution in [2.45, 2.75) is 136 Å². The van der Waals surface area contributed by atoms with Crippen LogP contribution in [-0.2, 0) is 46.9 Å². The van der Waals surface area contributed by atoms with Crippen LogP contribution in [-0.4, -0.2) is 85.1 Å². The van der Waals surface area contributed by atoms with Crippen molar-refractivity contribution in [3.63, 3.8) is 0 Å². The molecule has 2 aromatic heterocycles. The molecule has 0 aliphatic rings. The van der Waals surface area contributed by atoms with Crippen molar-refractivity contribution in [1.82, 2.24) is 9.97 Å². The number of anilines is 2. The van der Waals surface area contributed by atoms with Gasteiger partial charge in [-0.05, 0) is 177 Å². The van der Waals surface area contributed by atoms with E-state index in [0.717, 1.165) is 151 Å². The first-order valence-electron chi connectivity index (χ1n) is 35.0. The molecule has 0 bridgehead atoms. The Labute approximate surface area is 604 Å². The molecule has 2 heterocycles. The molecule has 0 fully saturated rings. The van der Waals surface area contributed by atoms with Gasteiger partial charge in [0, 0.05) is 36.4 Å². The first-order chi connectivity index (χ1) is 50.1. The van der Waals surface area contributed by atoms with Gasteiger partial charge in [0.2, 0.25) is 10.3 Å². The number of fused-ring (bicyclic) bond motifs is 2. The summed E-state index contributed by atoms with van der Waals surface area (Å²) in [6.07, 6.45) is 20.0. The zero-order chi connectivity index (χ0) is 71.4. The number of hydrogen-bond donors (Lipinski definition) is 1. The second-order valence-electron chi connectivity index (χ2n) is 24.0. The lowest BCUT2D eigenvalue weighted by Gasteiger charge is -2.19. The summed E-state index contributed by atoms with van der Waals surface area (Å²) in [5.41, 5.74) is 5.99. The van der Waals surface area contributed by atoms with Gasteiger partial charge in [0.25, 0.3) is 0 Å². The molecule has 7 aromatic carbocycles. The van der Waals surface area contributed by atoms with E-state index in [9.17, 15) is 19.6 Å². The summed E-state index contributed by atoms with van der Waals surface area (Å²) < 4.78 is 30.2. The molecule has 9 rings (SSSR count). The Morgan fingerprint density at radius 2 is 0.980 bits per heavy atom. The third-order valence-corrected chi connectivity index (χ3v) is 18.4. The lowest BCUT2D eigenvalue weighted by molar-refractivity contribution is -0.270. The SMILES string of the molecule is C=CC(=O)OCCCCCCOc1ccc(COOc2ccc(OC(=O)c3ccc(COOc4ccc(C(OO)c5ccc(OCCCCCCOC(=O)C=C)cc5)c(/C=N/N(CCCCCC)c5nc6ccccc6s5)c4)cc3)cc2/C=N/N(CCCCCC)c2nc3ccccc3s2)cc1. The van der Waals surface area contributed by atoms with Gasteiger partial charge in [-0.2, -0.15) is 20.0 Å². The molecule has 0 aliphatic carbocycles. The van der Waals surface area contributed by atoms with Crippen LogP contribution in [0.2, 0.25) is 0 Å². The van der Waals surface area contributed by atoms with E-state index in [1.54, 1.807) is 95.8 Å². The van der Waals surface area contributed by atoms with E-state index in [2.05, 4.69) is 27.0 Å². The van der Waals surface area contributed by atoms with Gasteiger partial charge >= 0.3 is 17.9 Å². The number of aromatic nitrogens is 2. The van der Waals surface area contributed by atoms with Gasteiger partial charge in [0.15, 0.2) is 11.5 Å². The van der Waals surface area contributed by atoms with Crippen molar-refractivity contribution in [3.05, 3.63) is 222 Å². The number of carbonyl (C=O) groups is 3. The number of para-hydroxylation sites is 2. The average molecular weight is 1420 g/mol. The number of rotatable bonds is 47. The number of ether oxygens (including phenoxy) is 5. The topological polar surface area (TPSA) is 221 Å².